The minimum atomic E-state index is -0.00153. The third kappa shape index (κ3) is 37.7. The number of methoxy groups -OCH3 is 1. The first-order valence-corrected chi connectivity index (χ1v) is 20.5. The van der Waals surface area contributed by atoms with Crippen molar-refractivity contribution < 1.29 is 24.2 Å². The summed E-state index contributed by atoms with van der Waals surface area (Å²) in [5.41, 5.74) is 0. The number of unbranched alkanes of at least 4 members (excludes halogenated alkanes) is 16. The van der Waals surface area contributed by atoms with Crippen LogP contribution in [0.3, 0.4) is 0 Å². The quantitative estimate of drug-likeness (QED) is 0.0406. The Labute approximate surface area is 293 Å². The highest BCUT2D eigenvalue weighted by Gasteiger charge is 2.13. The SMILES string of the molecule is CCCCCC(CCCC)OC.CCCCCCCC(CCC)OC(=O)CCCCCCCN(CCCO)CCCCCCCC=O. The molecule has 282 valence electrons. The molecular weight excluding hydrogens is 586 g/mol. The minimum Gasteiger partial charge on any atom is -0.462 e. The van der Waals surface area contributed by atoms with Crippen LogP contribution in [-0.2, 0) is 19.1 Å². The fourth-order valence-corrected chi connectivity index (χ4v) is 6.10. The van der Waals surface area contributed by atoms with Crippen molar-refractivity contribution in [1.29, 1.82) is 0 Å². The number of carbonyl (C=O) groups is 2. The molecule has 0 saturated carbocycles. The summed E-state index contributed by atoms with van der Waals surface area (Å²) in [5, 5.41) is 9.19. The lowest BCUT2D eigenvalue weighted by atomic mass is 10.0. The fraction of sp³-hybridized carbons (Fsp3) is 0.951. The molecule has 0 spiro atoms. The Morgan fingerprint density at radius 1 is 0.574 bits per heavy atom. The van der Waals surface area contributed by atoms with Crippen molar-refractivity contribution in [3.8, 4) is 0 Å². The summed E-state index contributed by atoms with van der Waals surface area (Å²) in [6.45, 7) is 12.3. The number of aliphatic hydroxyl groups excluding tert-OH is 1. The number of aldehydes is 1. The number of hydrogen-bond donors (Lipinski definition) is 1. The van der Waals surface area contributed by atoms with Gasteiger partial charge in [-0.05, 0) is 77.3 Å². The lowest BCUT2D eigenvalue weighted by Crippen LogP contribution is -2.27. The van der Waals surface area contributed by atoms with Crippen LogP contribution in [0.1, 0.15) is 207 Å². The fourth-order valence-electron chi connectivity index (χ4n) is 6.10. The van der Waals surface area contributed by atoms with E-state index in [0.717, 1.165) is 77.3 Å². The van der Waals surface area contributed by atoms with Gasteiger partial charge in [0.25, 0.3) is 0 Å². The predicted octanol–water partition coefficient (Wildman–Crippen LogP) is 11.4. The Bertz CT molecular complexity index is 617. The molecule has 47 heavy (non-hydrogen) atoms. The molecule has 1 N–H and O–H groups in total. The van der Waals surface area contributed by atoms with Gasteiger partial charge in [0.15, 0.2) is 0 Å². The van der Waals surface area contributed by atoms with Crippen LogP contribution in [0.5, 0.6) is 0 Å². The van der Waals surface area contributed by atoms with Gasteiger partial charge in [-0.2, -0.15) is 0 Å². The molecule has 0 aliphatic carbocycles. The zero-order chi connectivity index (χ0) is 35.1. The van der Waals surface area contributed by atoms with E-state index in [0.29, 0.717) is 18.9 Å². The van der Waals surface area contributed by atoms with Crippen molar-refractivity contribution in [3.63, 3.8) is 0 Å². The molecule has 0 radical (unpaired) electrons. The number of nitrogens with zero attached hydrogens (tertiary/aromatic N) is 1. The van der Waals surface area contributed by atoms with Gasteiger partial charge in [0, 0.05) is 33.1 Å². The first-order chi connectivity index (χ1) is 23.0. The zero-order valence-electron chi connectivity index (χ0n) is 32.4. The maximum Gasteiger partial charge on any atom is 0.306 e. The van der Waals surface area contributed by atoms with Crippen LogP contribution in [0.4, 0.5) is 0 Å². The summed E-state index contributed by atoms with van der Waals surface area (Å²) >= 11 is 0. The first kappa shape index (κ1) is 48.1. The summed E-state index contributed by atoms with van der Waals surface area (Å²) in [5.74, 6) is -0.00153. The summed E-state index contributed by atoms with van der Waals surface area (Å²) < 4.78 is 11.2. The average molecular weight is 670 g/mol. The van der Waals surface area contributed by atoms with Crippen LogP contribution in [0.15, 0.2) is 0 Å². The van der Waals surface area contributed by atoms with E-state index in [4.69, 9.17) is 9.47 Å². The van der Waals surface area contributed by atoms with E-state index in [1.807, 2.05) is 7.11 Å². The number of ether oxygens (including phenoxy) is 2. The molecule has 0 aromatic carbocycles. The molecule has 0 heterocycles. The van der Waals surface area contributed by atoms with Gasteiger partial charge in [-0.1, -0.05) is 130 Å². The van der Waals surface area contributed by atoms with Crippen molar-refractivity contribution in [3.05, 3.63) is 0 Å². The smallest absolute Gasteiger partial charge is 0.306 e. The summed E-state index contributed by atoms with van der Waals surface area (Å²) in [4.78, 5) is 25.1. The van der Waals surface area contributed by atoms with Gasteiger partial charge in [0.2, 0.25) is 0 Å². The number of hydrogen-bond acceptors (Lipinski definition) is 6. The summed E-state index contributed by atoms with van der Waals surface area (Å²) in [6, 6.07) is 0. The minimum absolute atomic E-state index is 0.00153. The first-order valence-electron chi connectivity index (χ1n) is 20.5. The van der Waals surface area contributed by atoms with Crippen LogP contribution >= 0.6 is 0 Å². The Morgan fingerprint density at radius 2 is 1.06 bits per heavy atom. The maximum atomic E-state index is 12.3. The van der Waals surface area contributed by atoms with E-state index >= 15 is 0 Å². The Kier molecular flexibility index (Phi) is 42.2. The van der Waals surface area contributed by atoms with E-state index in [9.17, 15) is 14.7 Å². The molecule has 0 aromatic heterocycles. The van der Waals surface area contributed by atoms with Gasteiger partial charge < -0.3 is 24.3 Å². The van der Waals surface area contributed by atoms with E-state index in [1.54, 1.807) is 0 Å². The van der Waals surface area contributed by atoms with Crippen molar-refractivity contribution in [2.24, 2.45) is 0 Å². The van der Waals surface area contributed by atoms with Crippen molar-refractivity contribution in [2.45, 2.75) is 220 Å². The Hall–Kier alpha value is -0.980. The van der Waals surface area contributed by atoms with Gasteiger partial charge in [-0.25, -0.2) is 0 Å². The standard InChI is InChI=1S/C30H59NO4.C11H24O/c1-3-5-6-10-15-22-29(21-4-2)35-30(34)23-16-11-9-13-18-25-31(26-20-28-33)24-17-12-7-8-14-19-27-32;1-4-6-8-10-11(12-3)9-7-5-2/h27,29,33H,3-26,28H2,1-2H3;11H,4-10H2,1-3H3. The third-order valence-electron chi connectivity index (χ3n) is 9.17. The van der Waals surface area contributed by atoms with Gasteiger partial charge >= 0.3 is 5.97 Å². The van der Waals surface area contributed by atoms with Gasteiger partial charge in [-0.3, -0.25) is 4.79 Å². The number of esters is 1. The van der Waals surface area contributed by atoms with Gasteiger partial charge in [0.05, 0.1) is 6.10 Å². The molecule has 0 fully saturated rings. The molecule has 2 unspecified atom stereocenters. The zero-order valence-corrected chi connectivity index (χ0v) is 32.4. The second-order valence-electron chi connectivity index (χ2n) is 13.8. The number of rotatable bonds is 36. The van der Waals surface area contributed by atoms with Crippen LogP contribution < -0.4 is 0 Å². The summed E-state index contributed by atoms with van der Waals surface area (Å²) in [6.07, 6.45) is 33.7. The molecule has 0 aromatic rings. The third-order valence-corrected chi connectivity index (χ3v) is 9.17. The van der Waals surface area contributed by atoms with Crippen LogP contribution in [0, 0.1) is 0 Å². The highest BCUT2D eigenvalue weighted by Crippen LogP contribution is 2.16. The molecule has 0 aliphatic rings. The summed E-state index contributed by atoms with van der Waals surface area (Å²) in [7, 11) is 1.84. The van der Waals surface area contributed by atoms with E-state index < -0.39 is 0 Å². The molecule has 0 saturated heterocycles. The Balaban J connectivity index is 0. The highest BCUT2D eigenvalue weighted by atomic mass is 16.5. The monoisotopic (exact) mass is 670 g/mol. The van der Waals surface area contributed by atoms with E-state index in [-0.39, 0.29) is 18.7 Å². The molecule has 2 atom stereocenters. The lowest BCUT2D eigenvalue weighted by molar-refractivity contribution is -0.150. The molecule has 0 aliphatic heterocycles. The molecule has 0 bridgehead atoms. The molecule has 0 rings (SSSR count). The lowest BCUT2D eigenvalue weighted by Gasteiger charge is -2.22. The molecule has 6 nitrogen and oxygen atoms in total. The normalized spacial score (nSPS) is 12.5. The highest BCUT2D eigenvalue weighted by molar-refractivity contribution is 5.69. The average Bonchev–Trinajstić information content (AvgIpc) is 3.07. The largest absolute Gasteiger partial charge is 0.462 e. The molecule has 0 amide bonds. The van der Waals surface area contributed by atoms with Crippen molar-refractivity contribution in [2.75, 3.05) is 33.4 Å². The Morgan fingerprint density at radius 3 is 1.66 bits per heavy atom. The van der Waals surface area contributed by atoms with Crippen LogP contribution in [-0.4, -0.2) is 67.8 Å². The predicted molar refractivity (Wildman–Crippen MR) is 202 cm³/mol. The second kappa shape index (κ2) is 41.2. The molecular formula is C41H83NO5. The van der Waals surface area contributed by atoms with Gasteiger partial charge in [-0.15, -0.1) is 0 Å². The second-order valence-corrected chi connectivity index (χ2v) is 13.8. The topological polar surface area (TPSA) is 76.1 Å². The number of carbonyl (C=O) groups excluding carboxylic acids is 2. The van der Waals surface area contributed by atoms with E-state index in [1.165, 1.54) is 116 Å². The van der Waals surface area contributed by atoms with Gasteiger partial charge in [0.1, 0.15) is 12.4 Å². The van der Waals surface area contributed by atoms with Crippen LogP contribution in [0.2, 0.25) is 0 Å². The van der Waals surface area contributed by atoms with Crippen molar-refractivity contribution >= 4 is 12.3 Å². The molecule has 6 heteroatoms. The van der Waals surface area contributed by atoms with Crippen LogP contribution in [0.25, 0.3) is 0 Å². The maximum absolute atomic E-state index is 12.3. The van der Waals surface area contributed by atoms with Crippen molar-refractivity contribution in [1.82, 2.24) is 4.90 Å². The number of aliphatic hydroxyl groups is 1. The van der Waals surface area contributed by atoms with E-state index in [2.05, 4.69) is 32.6 Å².